The van der Waals surface area contributed by atoms with E-state index in [2.05, 4.69) is 39.2 Å². The summed E-state index contributed by atoms with van der Waals surface area (Å²) >= 11 is 0. The zero-order valence-electron chi connectivity index (χ0n) is 72.9. The minimum Gasteiger partial charge on any atom is -0.510 e. The third-order valence-electron chi connectivity index (χ3n) is 14.0. The van der Waals surface area contributed by atoms with Gasteiger partial charge in [-0.05, 0) is 100 Å². The molecule has 0 saturated carbocycles. The molecule has 83 heavy (non-hydrogen) atoms. The summed E-state index contributed by atoms with van der Waals surface area (Å²) in [4.78, 5) is 4.80. The number of pyridine rings is 1. The number of nitrogens with zero attached hydrogens (tertiary/aromatic N) is 4. The molecule has 14 aromatic rings. The molecule has 7 heteroatoms. The van der Waals surface area contributed by atoms with Crippen molar-refractivity contribution in [3.8, 4) is 62.1 Å². The fraction of sp³-hybridized carbons (Fsp3) is 0.0526. The van der Waals surface area contributed by atoms with Gasteiger partial charge in [0.05, 0.1) is 56.5 Å². The largest absolute Gasteiger partial charge is 0.510 e. The van der Waals surface area contributed by atoms with E-state index in [9.17, 15) is 19.2 Å². The number of para-hydroxylation sites is 2. The standard InChI is InChI=1S/C76H56N4OSi.Pt/c1-76(2,3)58-46-47-77-74(50-58)80-70-41-20-19-38-68(70)69-44-43-61(52-72(69)80)81-60-30-22-29-59(51-60)78-53-79(75-66(54-24-9-4-10-25-54)39-23-40-67(75)55-26-11-5-12-27-55)71-45-42-57(49-73(71)78)56-28-21-37-65(48-56)82(62-31-13-6-14-32-62,63-33-15-7-16-34-63)64-35-17-8-18-36-64;/h4-50H,1-3H3;/q-2;/i4D,5D,6D,7D,8D,9D,10D,11D,12D,13D,14D,15D,16D,17D,18D,21D,24D,25D,26D,27D,28D,31D,32D,33D,34D,35D,36D,37D,48D;. The summed E-state index contributed by atoms with van der Waals surface area (Å²) in [7, 11) is -6.35. The minimum absolute atomic E-state index is 0. The predicted molar refractivity (Wildman–Crippen MR) is 339 cm³/mol. The molecule has 0 aliphatic carbocycles. The smallest absolute Gasteiger partial charge is 0.268 e. The topological polar surface area (TPSA) is 35.9 Å². The average Bonchev–Trinajstić information content (AvgIpc) is 0.832. The Morgan fingerprint density at radius 1 is 0.506 bits per heavy atom. The summed E-state index contributed by atoms with van der Waals surface area (Å²) in [5.74, 6) is 0.810. The number of hydrogen-bond acceptors (Lipinski definition) is 2. The third-order valence-corrected chi connectivity index (χ3v) is 18.0. The van der Waals surface area contributed by atoms with Gasteiger partial charge in [-0.2, -0.15) is 18.2 Å². The van der Waals surface area contributed by atoms with Crippen LogP contribution in [0.4, 0.5) is 0 Å². The maximum Gasteiger partial charge on any atom is 0.268 e. The van der Waals surface area contributed by atoms with E-state index >= 15 is 0 Å². The Morgan fingerprint density at radius 3 is 1.72 bits per heavy atom. The first-order valence-electron chi connectivity index (χ1n) is 40.1. The molecule has 0 bridgehead atoms. The van der Waals surface area contributed by atoms with Crippen LogP contribution in [0, 0.1) is 18.5 Å². The van der Waals surface area contributed by atoms with Gasteiger partial charge in [0.25, 0.3) is 6.33 Å². The van der Waals surface area contributed by atoms with Crippen molar-refractivity contribution in [1.82, 2.24) is 14.1 Å². The summed E-state index contributed by atoms with van der Waals surface area (Å²) in [6.07, 6.45) is 5.01. The molecule has 0 fully saturated rings. The zero-order chi connectivity index (χ0) is 80.4. The Hall–Kier alpha value is -9.45. The second-order valence-corrected chi connectivity index (χ2v) is 23.3. The summed E-state index contributed by atoms with van der Waals surface area (Å²) in [5.41, 5.74) is -0.306. The van der Waals surface area contributed by atoms with E-state index in [1.165, 1.54) is 51.6 Å². The Kier molecular flexibility index (Phi) is 7.86. The van der Waals surface area contributed by atoms with Gasteiger partial charge in [-0.1, -0.05) is 250 Å². The van der Waals surface area contributed by atoms with Gasteiger partial charge in [0.1, 0.15) is 5.82 Å². The number of imidazole rings is 1. The molecule has 3 aromatic heterocycles. The van der Waals surface area contributed by atoms with E-state index in [0.29, 0.717) is 11.3 Å². The van der Waals surface area contributed by atoms with Gasteiger partial charge in [0.15, 0.2) is 8.07 Å². The molecule has 0 N–H and O–H groups in total. The van der Waals surface area contributed by atoms with Crippen molar-refractivity contribution in [3.63, 3.8) is 0 Å². The van der Waals surface area contributed by atoms with Crippen molar-refractivity contribution < 1.29 is 70.1 Å². The van der Waals surface area contributed by atoms with E-state index < -0.39 is 221 Å². The summed E-state index contributed by atoms with van der Waals surface area (Å²) in [5, 5.41) is -2.54. The van der Waals surface area contributed by atoms with Gasteiger partial charge in [0, 0.05) is 44.3 Å². The van der Waals surface area contributed by atoms with Gasteiger partial charge in [-0.15, -0.1) is 29.7 Å². The number of fused-ring (bicyclic) bond motifs is 4. The van der Waals surface area contributed by atoms with E-state index in [4.69, 9.17) is 30.3 Å². The van der Waals surface area contributed by atoms with Crippen LogP contribution >= 0.6 is 0 Å². The van der Waals surface area contributed by atoms with Crippen LogP contribution in [0.1, 0.15) is 66.1 Å². The number of benzene rings is 11. The van der Waals surface area contributed by atoms with E-state index in [1.54, 1.807) is 24.4 Å². The van der Waals surface area contributed by atoms with Gasteiger partial charge < -0.3 is 13.9 Å². The summed E-state index contributed by atoms with van der Waals surface area (Å²) in [6, 6.07) is 5.40. The normalized spacial score (nSPS) is 16.6. The first-order valence-corrected chi connectivity index (χ1v) is 27.6. The zero-order valence-corrected chi connectivity index (χ0v) is 47.2. The fourth-order valence-corrected chi connectivity index (χ4v) is 13.8. The number of rotatable bonds is 12. The minimum atomic E-state index is -6.35. The molecule has 0 amide bonds. The molecule has 5 nitrogen and oxygen atoms in total. The van der Waals surface area contributed by atoms with E-state index in [-0.39, 0.29) is 77.1 Å². The molecule has 0 spiro atoms. The van der Waals surface area contributed by atoms with Crippen LogP contribution < -0.4 is 30.1 Å². The van der Waals surface area contributed by atoms with Gasteiger partial charge in [-0.3, -0.25) is 4.57 Å². The van der Waals surface area contributed by atoms with Crippen molar-refractivity contribution in [2.24, 2.45) is 0 Å². The van der Waals surface area contributed by atoms with Crippen molar-refractivity contribution in [2.45, 2.75) is 26.2 Å². The van der Waals surface area contributed by atoms with Crippen LogP contribution in [0.15, 0.2) is 285 Å². The second-order valence-electron chi connectivity index (χ2n) is 19.8. The van der Waals surface area contributed by atoms with Crippen LogP contribution in [-0.4, -0.2) is 22.2 Å². The van der Waals surface area contributed by atoms with E-state index in [0.717, 1.165) is 21.9 Å². The van der Waals surface area contributed by atoms with Crippen molar-refractivity contribution in [3.05, 3.63) is 309 Å². The molecule has 0 saturated heterocycles. The molecule has 402 valence electrons. The van der Waals surface area contributed by atoms with Crippen molar-refractivity contribution >= 4 is 61.7 Å². The first kappa shape index (κ1) is 29.5. The first-order chi connectivity index (χ1) is 52.3. The molecule has 0 atom stereocenters. The fourth-order valence-electron chi connectivity index (χ4n) is 10.2. The average molecular weight is 1290 g/mol. The van der Waals surface area contributed by atoms with Crippen molar-refractivity contribution in [2.75, 3.05) is 0 Å². The SMILES string of the molecule is [2H]c1c([2H])c([2H])c(-c2cccc(-c3c([2H])c([2H])c([2H])c([2H])c3[2H])c2-[n+]2[c-]n(-c3[c-]c(Oc4[c-]c5c(cc4)c4ccccc4n5-c4cc(C(C)(C)C)ccn4)ccc3)c3cc(-c4c([2H])c([2H])c([2H])c([Si](c5c([2H])c([2H])c([2H])c([2H])c5[2H])(c5c([2H])c([2H])c([2H])c([2H])c5[2H])c5c([2H])c([2H])c([2H])c([2H])c5[2H])c4[2H])ccc32)c([2H])c1[2H].[Pt]. The van der Waals surface area contributed by atoms with Crippen molar-refractivity contribution in [1.29, 1.82) is 0 Å². The monoisotopic (exact) mass is 1290 g/mol. The molecule has 14 rings (SSSR count). The maximum atomic E-state index is 10.7. The van der Waals surface area contributed by atoms with E-state index in [1.807, 2.05) is 47.0 Å². The van der Waals surface area contributed by atoms with Gasteiger partial charge >= 0.3 is 0 Å². The molecule has 3 heterocycles. The van der Waals surface area contributed by atoms with Crippen LogP contribution in [0.25, 0.3) is 83.4 Å². The van der Waals surface area contributed by atoms with Crippen LogP contribution in [0.2, 0.25) is 0 Å². The Morgan fingerprint density at radius 2 is 1.08 bits per heavy atom. The summed E-state index contributed by atoms with van der Waals surface area (Å²) < 4.78 is 281. The molecule has 0 aliphatic rings. The Labute approximate surface area is 541 Å². The van der Waals surface area contributed by atoms with Gasteiger partial charge in [-0.25, -0.2) is 4.98 Å². The molecular weight excluding hydrogens is 1210 g/mol. The Balaban J connectivity index is 0.0000110. The molecular formula is C76H56N4OPtSi-2. The maximum absolute atomic E-state index is 10.7. The quantitative estimate of drug-likeness (QED) is 0.0529. The number of aromatic nitrogens is 4. The number of hydrogen-bond donors (Lipinski definition) is 0. The predicted octanol–water partition coefficient (Wildman–Crippen LogP) is 15.3. The molecule has 11 aromatic carbocycles. The van der Waals surface area contributed by atoms with Crippen LogP contribution in [0.3, 0.4) is 0 Å². The molecule has 0 aliphatic heterocycles. The molecule has 0 radical (unpaired) electrons. The molecule has 0 unspecified atom stereocenters. The van der Waals surface area contributed by atoms with Gasteiger partial charge in [0.2, 0.25) is 0 Å². The number of ether oxygens (including phenoxy) is 1. The third kappa shape index (κ3) is 9.64. The Bertz CT molecular complexity index is 6060. The van der Waals surface area contributed by atoms with Crippen LogP contribution in [0.5, 0.6) is 11.5 Å². The second kappa shape index (κ2) is 22.1. The van der Waals surface area contributed by atoms with Crippen LogP contribution in [-0.2, 0) is 26.5 Å². The summed E-state index contributed by atoms with van der Waals surface area (Å²) in [6.45, 7) is 6.26.